The van der Waals surface area contributed by atoms with Crippen molar-refractivity contribution in [2.45, 2.75) is 20.8 Å². The van der Waals surface area contributed by atoms with E-state index in [0.29, 0.717) is 29.8 Å². The summed E-state index contributed by atoms with van der Waals surface area (Å²) in [5.74, 6) is 1.37. The molecule has 1 heterocycles. The van der Waals surface area contributed by atoms with Crippen molar-refractivity contribution in [1.29, 1.82) is 0 Å². The van der Waals surface area contributed by atoms with Gasteiger partial charge in [-0.1, -0.05) is 29.8 Å². The standard InChI is InChI=1S/C16H19BrN4O/c1-10(2)9-18-16(22)14-8-15(20-11(3)19-14)21-13-6-4-12(17)5-7-13/h4-8,10H,9H2,1-3H3,(H,18,22)(H,19,20,21). The molecule has 0 aliphatic heterocycles. The molecule has 116 valence electrons. The summed E-state index contributed by atoms with van der Waals surface area (Å²) < 4.78 is 1.01. The molecule has 0 spiro atoms. The van der Waals surface area contributed by atoms with Gasteiger partial charge in [0, 0.05) is 22.8 Å². The van der Waals surface area contributed by atoms with Crippen molar-refractivity contribution in [3.05, 3.63) is 46.3 Å². The number of nitrogens with one attached hydrogen (secondary N) is 2. The minimum absolute atomic E-state index is 0.182. The van der Waals surface area contributed by atoms with E-state index in [1.54, 1.807) is 13.0 Å². The summed E-state index contributed by atoms with van der Waals surface area (Å²) in [5.41, 5.74) is 1.27. The summed E-state index contributed by atoms with van der Waals surface area (Å²) >= 11 is 3.40. The molecule has 2 aromatic rings. The Balaban J connectivity index is 2.15. The summed E-state index contributed by atoms with van der Waals surface area (Å²) in [4.78, 5) is 20.6. The monoisotopic (exact) mass is 362 g/mol. The molecule has 0 saturated carbocycles. The smallest absolute Gasteiger partial charge is 0.270 e. The van der Waals surface area contributed by atoms with Gasteiger partial charge in [-0.2, -0.15) is 0 Å². The average Bonchev–Trinajstić information content (AvgIpc) is 2.46. The Morgan fingerprint density at radius 3 is 2.55 bits per heavy atom. The van der Waals surface area contributed by atoms with Crippen LogP contribution in [0, 0.1) is 12.8 Å². The van der Waals surface area contributed by atoms with E-state index in [-0.39, 0.29) is 5.91 Å². The Hall–Kier alpha value is -1.95. The molecule has 2 rings (SSSR count). The maximum Gasteiger partial charge on any atom is 0.270 e. The van der Waals surface area contributed by atoms with Gasteiger partial charge in [0.1, 0.15) is 17.3 Å². The molecular weight excluding hydrogens is 344 g/mol. The van der Waals surface area contributed by atoms with E-state index in [1.807, 2.05) is 38.1 Å². The second-order valence-corrected chi connectivity index (χ2v) is 6.34. The average molecular weight is 363 g/mol. The summed E-state index contributed by atoms with van der Waals surface area (Å²) in [5, 5.41) is 6.04. The molecule has 1 aromatic carbocycles. The van der Waals surface area contributed by atoms with Crippen LogP contribution in [0.15, 0.2) is 34.8 Å². The number of rotatable bonds is 5. The number of aryl methyl sites for hydroxylation is 1. The molecule has 0 aliphatic rings. The number of hydrogen-bond acceptors (Lipinski definition) is 4. The molecule has 2 N–H and O–H groups in total. The van der Waals surface area contributed by atoms with Crippen LogP contribution in [0.3, 0.4) is 0 Å². The Kier molecular flexibility index (Phi) is 5.49. The fourth-order valence-corrected chi connectivity index (χ4v) is 2.08. The van der Waals surface area contributed by atoms with Gasteiger partial charge in [0.25, 0.3) is 5.91 Å². The van der Waals surface area contributed by atoms with Crippen LogP contribution >= 0.6 is 15.9 Å². The van der Waals surface area contributed by atoms with Crippen molar-refractivity contribution in [2.75, 3.05) is 11.9 Å². The quantitative estimate of drug-likeness (QED) is 0.851. The third kappa shape index (κ3) is 4.80. The number of nitrogens with zero attached hydrogens (tertiary/aromatic N) is 2. The fraction of sp³-hybridized carbons (Fsp3) is 0.312. The van der Waals surface area contributed by atoms with Gasteiger partial charge in [0.15, 0.2) is 0 Å². The van der Waals surface area contributed by atoms with E-state index in [0.717, 1.165) is 10.2 Å². The zero-order valence-electron chi connectivity index (χ0n) is 12.9. The lowest BCUT2D eigenvalue weighted by atomic mass is 10.2. The molecule has 0 aliphatic carbocycles. The maximum atomic E-state index is 12.1. The van der Waals surface area contributed by atoms with Crippen LogP contribution < -0.4 is 10.6 Å². The highest BCUT2D eigenvalue weighted by molar-refractivity contribution is 9.10. The zero-order valence-corrected chi connectivity index (χ0v) is 14.4. The maximum absolute atomic E-state index is 12.1. The van der Waals surface area contributed by atoms with E-state index < -0.39 is 0 Å². The molecule has 22 heavy (non-hydrogen) atoms. The van der Waals surface area contributed by atoms with E-state index >= 15 is 0 Å². The van der Waals surface area contributed by atoms with Gasteiger partial charge in [-0.15, -0.1) is 0 Å². The van der Waals surface area contributed by atoms with Crippen molar-refractivity contribution in [3.8, 4) is 0 Å². The van der Waals surface area contributed by atoms with Crippen molar-refractivity contribution in [1.82, 2.24) is 15.3 Å². The number of aromatic nitrogens is 2. The van der Waals surface area contributed by atoms with Crippen molar-refractivity contribution < 1.29 is 4.79 Å². The van der Waals surface area contributed by atoms with Crippen LogP contribution in [0.4, 0.5) is 11.5 Å². The van der Waals surface area contributed by atoms with Gasteiger partial charge in [0.05, 0.1) is 0 Å². The number of amides is 1. The predicted octanol–water partition coefficient (Wildman–Crippen LogP) is 3.68. The summed E-state index contributed by atoms with van der Waals surface area (Å²) in [7, 11) is 0. The second kappa shape index (κ2) is 7.35. The van der Waals surface area contributed by atoms with Crippen molar-refractivity contribution in [3.63, 3.8) is 0 Å². The molecule has 5 nitrogen and oxygen atoms in total. The van der Waals surface area contributed by atoms with Gasteiger partial charge >= 0.3 is 0 Å². The summed E-state index contributed by atoms with van der Waals surface area (Å²) in [6, 6.07) is 9.39. The third-order valence-electron chi connectivity index (χ3n) is 2.86. The SMILES string of the molecule is Cc1nc(Nc2ccc(Br)cc2)cc(C(=O)NCC(C)C)n1. The lowest BCUT2D eigenvalue weighted by molar-refractivity contribution is 0.0943. The number of halogens is 1. The van der Waals surface area contributed by atoms with Crippen molar-refractivity contribution in [2.24, 2.45) is 5.92 Å². The topological polar surface area (TPSA) is 66.9 Å². The lowest BCUT2D eigenvalue weighted by Crippen LogP contribution is -2.28. The first-order valence-corrected chi connectivity index (χ1v) is 7.90. The van der Waals surface area contributed by atoms with Crippen LogP contribution in [0.2, 0.25) is 0 Å². The molecule has 0 atom stereocenters. The molecule has 0 saturated heterocycles. The molecule has 1 aromatic heterocycles. The molecule has 0 unspecified atom stereocenters. The summed E-state index contributed by atoms with van der Waals surface area (Å²) in [6.07, 6.45) is 0. The minimum atomic E-state index is -0.182. The largest absolute Gasteiger partial charge is 0.350 e. The Morgan fingerprint density at radius 1 is 1.23 bits per heavy atom. The minimum Gasteiger partial charge on any atom is -0.350 e. The number of anilines is 2. The molecule has 0 bridgehead atoms. The van der Waals surface area contributed by atoms with Crippen molar-refractivity contribution >= 4 is 33.3 Å². The van der Waals surface area contributed by atoms with Crippen LogP contribution in [-0.2, 0) is 0 Å². The van der Waals surface area contributed by atoms with Crippen LogP contribution in [0.5, 0.6) is 0 Å². The van der Waals surface area contributed by atoms with Crippen LogP contribution in [0.1, 0.15) is 30.2 Å². The van der Waals surface area contributed by atoms with E-state index in [1.165, 1.54) is 0 Å². The fourth-order valence-electron chi connectivity index (χ4n) is 1.82. The normalized spacial score (nSPS) is 10.6. The number of hydrogen-bond donors (Lipinski definition) is 2. The van der Waals surface area contributed by atoms with E-state index in [4.69, 9.17) is 0 Å². The molecule has 1 amide bonds. The predicted molar refractivity (Wildman–Crippen MR) is 91.4 cm³/mol. The highest BCUT2D eigenvalue weighted by Gasteiger charge is 2.11. The van der Waals surface area contributed by atoms with Gasteiger partial charge in [0.2, 0.25) is 0 Å². The first-order chi connectivity index (χ1) is 10.4. The van der Waals surface area contributed by atoms with E-state index in [2.05, 4.69) is 36.5 Å². The number of carbonyl (C=O) groups excluding carboxylic acids is 1. The first-order valence-electron chi connectivity index (χ1n) is 7.10. The Morgan fingerprint density at radius 2 is 1.91 bits per heavy atom. The second-order valence-electron chi connectivity index (χ2n) is 5.42. The zero-order chi connectivity index (χ0) is 16.1. The highest BCUT2D eigenvalue weighted by Crippen LogP contribution is 2.18. The summed E-state index contributed by atoms with van der Waals surface area (Å²) in [6.45, 7) is 6.49. The van der Waals surface area contributed by atoms with E-state index in [9.17, 15) is 4.79 Å². The van der Waals surface area contributed by atoms with Gasteiger partial charge in [-0.05, 0) is 37.1 Å². The van der Waals surface area contributed by atoms with Gasteiger partial charge < -0.3 is 10.6 Å². The Bertz CT molecular complexity index is 656. The number of carbonyl (C=O) groups is 1. The first kappa shape index (κ1) is 16.4. The highest BCUT2D eigenvalue weighted by atomic mass is 79.9. The van der Waals surface area contributed by atoms with Gasteiger partial charge in [-0.3, -0.25) is 4.79 Å². The lowest BCUT2D eigenvalue weighted by Gasteiger charge is -2.10. The van der Waals surface area contributed by atoms with Gasteiger partial charge in [-0.25, -0.2) is 9.97 Å². The molecular formula is C16H19BrN4O. The third-order valence-corrected chi connectivity index (χ3v) is 3.39. The molecule has 0 radical (unpaired) electrons. The molecule has 6 heteroatoms. The Labute approximate surface area is 138 Å². The molecule has 0 fully saturated rings. The number of benzene rings is 1. The van der Waals surface area contributed by atoms with Crippen LogP contribution in [0.25, 0.3) is 0 Å². The van der Waals surface area contributed by atoms with Crippen LogP contribution in [-0.4, -0.2) is 22.4 Å².